The number of aliphatic hydroxyl groups is 2. The summed E-state index contributed by atoms with van der Waals surface area (Å²) >= 11 is 0. The number of unbranched alkanes of at least 4 members (excludes halogenated alkanes) is 66. The second-order valence-electron chi connectivity index (χ2n) is 29.5. The third kappa shape index (κ3) is 77.3. The van der Waals surface area contributed by atoms with Crippen LogP contribution in [0.3, 0.4) is 0 Å². The SMILES string of the molecule is CCCCCC/C=C\C/C=C\CCCCCCCCCC(=O)OCCCCCCCCCCCCCCCCCCCCCCCCCCCCCCCCCCCCCCCC(=O)NC(CO)C(O)CCCCCCCCCCCCCCCCCCCCCC. The van der Waals surface area contributed by atoms with Gasteiger partial charge in [0.2, 0.25) is 5.91 Å². The third-order valence-electron chi connectivity index (χ3n) is 20.3. The molecule has 0 rings (SSSR count). The zero-order valence-electron chi connectivity index (χ0n) is 62.8. The zero-order valence-corrected chi connectivity index (χ0v) is 62.8. The number of amides is 1. The van der Waals surface area contributed by atoms with Crippen LogP contribution in [-0.4, -0.2) is 47.4 Å². The van der Waals surface area contributed by atoms with Gasteiger partial charge < -0.3 is 20.3 Å². The van der Waals surface area contributed by atoms with Gasteiger partial charge in [-0.2, -0.15) is 0 Å². The lowest BCUT2D eigenvalue weighted by Crippen LogP contribution is -2.45. The van der Waals surface area contributed by atoms with Crippen LogP contribution in [0, 0.1) is 0 Å². The van der Waals surface area contributed by atoms with E-state index in [1.807, 2.05) is 0 Å². The molecule has 6 heteroatoms. The number of ether oxygens (including phenoxy) is 1. The van der Waals surface area contributed by atoms with Crippen molar-refractivity contribution in [1.29, 1.82) is 0 Å². The number of nitrogens with one attached hydrogen (secondary N) is 1. The van der Waals surface area contributed by atoms with Gasteiger partial charge in [0.15, 0.2) is 0 Å². The molecule has 2 atom stereocenters. The maximum atomic E-state index is 12.6. The Hall–Kier alpha value is -1.66. The van der Waals surface area contributed by atoms with Crippen molar-refractivity contribution in [3.05, 3.63) is 24.3 Å². The fourth-order valence-corrected chi connectivity index (χ4v) is 13.8. The van der Waals surface area contributed by atoms with Crippen LogP contribution < -0.4 is 5.32 Å². The molecule has 0 aromatic rings. The van der Waals surface area contributed by atoms with Gasteiger partial charge in [-0.15, -0.1) is 0 Å². The molecule has 0 saturated carbocycles. The van der Waals surface area contributed by atoms with Gasteiger partial charge in [0.1, 0.15) is 0 Å². The molecule has 546 valence electrons. The molecule has 0 fully saturated rings. The molecule has 0 bridgehead atoms. The molecule has 0 aliphatic heterocycles. The smallest absolute Gasteiger partial charge is 0.305 e. The van der Waals surface area contributed by atoms with E-state index in [4.69, 9.17) is 4.74 Å². The number of rotatable bonds is 81. The number of hydrogen-bond donors (Lipinski definition) is 3. The molecule has 0 spiro atoms. The van der Waals surface area contributed by atoms with E-state index in [0.29, 0.717) is 25.9 Å². The quantitative estimate of drug-likeness (QED) is 0.0320. The summed E-state index contributed by atoms with van der Waals surface area (Å²) in [4.78, 5) is 24.7. The number of allylic oxidation sites excluding steroid dienone is 4. The lowest BCUT2D eigenvalue weighted by molar-refractivity contribution is -0.143. The number of carbonyl (C=O) groups is 2. The molecule has 6 nitrogen and oxygen atoms in total. The maximum Gasteiger partial charge on any atom is 0.305 e. The summed E-state index contributed by atoms with van der Waals surface area (Å²) in [5, 5.41) is 23.5. The predicted octanol–water partition coefficient (Wildman–Crippen LogP) is 28.4. The van der Waals surface area contributed by atoms with Crippen molar-refractivity contribution in [2.75, 3.05) is 13.2 Å². The minimum Gasteiger partial charge on any atom is -0.466 e. The molecule has 1 amide bonds. The minimum atomic E-state index is -0.661. The number of aliphatic hydroxyl groups excluding tert-OH is 2. The molecule has 0 aliphatic carbocycles. The lowest BCUT2D eigenvalue weighted by Gasteiger charge is -2.22. The van der Waals surface area contributed by atoms with Crippen molar-refractivity contribution in [3.8, 4) is 0 Å². The summed E-state index contributed by atoms with van der Waals surface area (Å²) < 4.78 is 5.51. The van der Waals surface area contributed by atoms with Crippen LogP contribution in [0.5, 0.6) is 0 Å². The van der Waals surface area contributed by atoms with Crippen LogP contribution in [0.4, 0.5) is 0 Å². The number of esters is 1. The van der Waals surface area contributed by atoms with Crippen molar-refractivity contribution < 1.29 is 24.5 Å². The Balaban J connectivity index is 3.30. The first-order chi connectivity index (χ1) is 45.5. The Morgan fingerprint density at radius 3 is 0.837 bits per heavy atom. The van der Waals surface area contributed by atoms with E-state index < -0.39 is 12.1 Å². The Morgan fingerprint density at radius 2 is 0.543 bits per heavy atom. The van der Waals surface area contributed by atoms with E-state index in [-0.39, 0.29) is 18.5 Å². The van der Waals surface area contributed by atoms with Gasteiger partial charge in [-0.1, -0.05) is 443 Å². The van der Waals surface area contributed by atoms with Gasteiger partial charge in [-0.05, 0) is 57.8 Å². The number of hydrogen-bond acceptors (Lipinski definition) is 5. The average Bonchev–Trinajstić information content (AvgIpc) is 3.77. The van der Waals surface area contributed by atoms with Crippen molar-refractivity contribution >= 4 is 11.9 Å². The second kappa shape index (κ2) is 81.8. The fourth-order valence-electron chi connectivity index (χ4n) is 13.8. The summed E-state index contributed by atoms with van der Waals surface area (Å²) in [7, 11) is 0. The number of carbonyl (C=O) groups excluding carboxylic acids is 2. The Labute approximate surface area is 577 Å². The monoisotopic (exact) mass is 1290 g/mol. The van der Waals surface area contributed by atoms with E-state index in [2.05, 4.69) is 43.5 Å². The molecule has 2 unspecified atom stereocenters. The molecular formula is C86H167NO5. The highest BCUT2D eigenvalue weighted by Crippen LogP contribution is 2.21. The standard InChI is InChI=1S/C86H167NO5/c1-3-5-7-9-11-13-15-17-19-21-23-43-46-50-54-58-62-66-70-74-78-84(89)83(82-88)87-85(90)79-75-71-67-63-59-55-51-47-44-41-39-37-35-33-31-29-27-25-24-26-28-30-32-34-36-38-40-42-45-49-53-57-61-65-69-73-77-81-92-86(91)80-76-72-68-64-60-56-52-48-22-20-18-16-14-12-10-8-6-4-2/h14,16,20,22,83-84,88-89H,3-13,15,17-19,21,23-82H2,1-2H3,(H,87,90)/b16-14-,22-20-. The molecule has 0 aromatic heterocycles. The Morgan fingerprint density at radius 1 is 0.304 bits per heavy atom. The summed E-state index contributed by atoms with van der Waals surface area (Å²) in [5.74, 6) is -0.00658. The topological polar surface area (TPSA) is 95.9 Å². The van der Waals surface area contributed by atoms with E-state index in [1.165, 1.54) is 405 Å². The first-order valence-corrected chi connectivity index (χ1v) is 42.6. The Kier molecular flexibility index (Phi) is 80.3. The van der Waals surface area contributed by atoms with Gasteiger partial charge in [-0.25, -0.2) is 0 Å². The van der Waals surface area contributed by atoms with E-state index in [9.17, 15) is 19.8 Å². The van der Waals surface area contributed by atoms with Gasteiger partial charge in [0.05, 0.1) is 25.4 Å². The van der Waals surface area contributed by atoms with Gasteiger partial charge >= 0.3 is 5.97 Å². The molecular weight excluding hydrogens is 1130 g/mol. The summed E-state index contributed by atoms with van der Waals surface area (Å²) in [6, 6.07) is -0.538. The fraction of sp³-hybridized carbons (Fsp3) is 0.930. The zero-order chi connectivity index (χ0) is 66.3. The normalized spacial score (nSPS) is 12.5. The van der Waals surface area contributed by atoms with Crippen molar-refractivity contribution in [2.24, 2.45) is 0 Å². The van der Waals surface area contributed by atoms with E-state index >= 15 is 0 Å². The van der Waals surface area contributed by atoms with Crippen LogP contribution >= 0.6 is 0 Å². The highest BCUT2D eigenvalue weighted by molar-refractivity contribution is 5.76. The van der Waals surface area contributed by atoms with Gasteiger partial charge in [-0.3, -0.25) is 9.59 Å². The molecule has 0 radical (unpaired) electrons. The average molecular weight is 1300 g/mol. The highest BCUT2D eigenvalue weighted by atomic mass is 16.5. The molecule has 0 aromatic carbocycles. The lowest BCUT2D eigenvalue weighted by atomic mass is 10.0. The van der Waals surface area contributed by atoms with Gasteiger partial charge in [0, 0.05) is 12.8 Å². The summed E-state index contributed by atoms with van der Waals surface area (Å²) in [6.07, 6.45) is 106. The summed E-state index contributed by atoms with van der Waals surface area (Å²) in [6.45, 7) is 4.99. The largest absolute Gasteiger partial charge is 0.466 e. The minimum absolute atomic E-state index is 0.0171. The molecule has 0 saturated heterocycles. The van der Waals surface area contributed by atoms with Crippen LogP contribution in [0.1, 0.15) is 489 Å². The van der Waals surface area contributed by atoms with Crippen molar-refractivity contribution in [2.45, 2.75) is 501 Å². The van der Waals surface area contributed by atoms with Gasteiger partial charge in [0.25, 0.3) is 0 Å². The first kappa shape index (κ1) is 90.3. The van der Waals surface area contributed by atoms with Crippen LogP contribution in [0.15, 0.2) is 24.3 Å². The highest BCUT2D eigenvalue weighted by Gasteiger charge is 2.20. The summed E-state index contributed by atoms with van der Waals surface area (Å²) in [5.41, 5.74) is 0. The predicted molar refractivity (Wildman–Crippen MR) is 407 cm³/mol. The molecule has 0 aliphatic rings. The van der Waals surface area contributed by atoms with Crippen molar-refractivity contribution in [1.82, 2.24) is 5.32 Å². The first-order valence-electron chi connectivity index (χ1n) is 42.6. The van der Waals surface area contributed by atoms with Crippen LogP contribution in [0.2, 0.25) is 0 Å². The van der Waals surface area contributed by atoms with Crippen LogP contribution in [-0.2, 0) is 14.3 Å². The maximum absolute atomic E-state index is 12.6. The van der Waals surface area contributed by atoms with Crippen molar-refractivity contribution in [3.63, 3.8) is 0 Å². The van der Waals surface area contributed by atoms with E-state index in [1.54, 1.807) is 0 Å². The Bertz CT molecular complexity index is 1450. The molecule has 3 N–H and O–H groups in total. The second-order valence-corrected chi connectivity index (χ2v) is 29.5. The third-order valence-corrected chi connectivity index (χ3v) is 20.3. The van der Waals surface area contributed by atoms with E-state index in [0.717, 1.165) is 51.4 Å². The molecule has 0 heterocycles. The van der Waals surface area contributed by atoms with Crippen LogP contribution in [0.25, 0.3) is 0 Å². The molecule has 92 heavy (non-hydrogen) atoms.